The minimum atomic E-state index is -0.0781. The summed E-state index contributed by atoms with van der Waals surface area (Å²) in [4.78, 5) is 16.8. The number of hydrogen-bond donors (Lipinski definition) is 2. The molecule has 4 aliphatic rings. The van der Waals surface area contributed by atoms with E-state index >= 15 is 0 Å². The van der Waals surface area contributed by atoms with E-state index in [-0.39, 0.29) is 5.91 Å². The van der Waals surface area contributed by atoms with Crippen molar-refractivity contribution in [2.45, 2.75) is 57.9 Å². The summed E-state index contributed by atoms with van der Waals surface area (Å²) < 4.78 is 2.04. The van der Waals surface area contributed by atoms with Crippen LogP contribution in [0.4, 0.5) is 11.4 Å². The van der Waals surface area contributed by atoms with Crippen LogP contribution in [0.3, 0.4) is 0 Å². The van der Waals surface area contributed by atoms with E-state index in [0.717, 1.165) is 41.1 Å². The monoisotopic (exact) mass is 456 g/mol. The van der Waals surface area contributed by atoms with E-state index < -0.39 is 0 Å². The van der Waals surface area contributed by atoms with Crippen LogP contribution in [0.1, 0.15) is 50.6 Å². The van der Waals surface area contributed by atoms with Crippen LogP contribution in [0, 0.1) is 23.2 Å². The van der Waals surface area contributed by atoms with Crippen LogP contribution in [0.5, 0.6) is 0 Å². The molecule has 3 aromatic rings. The number of nitrogen functional groups attached to an aromatic ring is 1. The predicted molar refractivity (Wildman–Crippen MR) is 132 cm³/mol. The van der Waals surface area contributed by atoms with Crippen LogP contribution < -0.4 is 11.1 Å². The Bertz CT molecular complexity index is 1150. The van der Waals surface area contributed by atoms with Crippen molar-refractivity contribution in [3.8, 4) is 11.1 Å². The Labute approximate surface area is 200 Å². The van der Waals surface area contributed by atoms with Gasteiger partial charge < -0.3 is 11.1 Å². The number of pyridine rings is 1. The van der Waals surface area contributed by atoms with Crippen molar-refractivity contribution in [3.05, 3.63) is 54.6 Å². The molecular weight excluding hydrogens is 424 g/mol. The first-order chi connectivity index (χ1) is 16.5. The number of rotatable bonds is 7. The number of amides is 1. The maximum absolute atomic E-state index is 12.7. The van der Waals surface area contributed by atoms with Crippen molar-refractivity contribution >= 4 is 17.3 Å². The van der Waals surface area contributed by atoms with Gasteiger partial charge in [-0.15, -0.1) is 5.10 Å². The average Bonchev–Trinajstić information content (AvgIpc) is 3.25. The summed E-state index contributed by atoms with van der Waals surface area (Å²) in [7, 11) is 0. The van der Waals surface area contributed by atoms with Crippen molar-refractivity contribution in [3.63, 3.8) is 0 Å². The highest BCUT2D eigenvalue weighted by molar-refractivity contribution is 5.95. The number of anilines is 2. The smallest absolute Gasteiger partial charge is 0.224 e. The molecule has 7 heteroatoms. The van der Waals surface area contributed by atoms with Crippen LogP contribution in [0.25, 0.3) is 11.1 Å². The van der Waals surface area contributed by atoms with Crippen LogP contribution >= 0.6 is 0 Å². The first-order valence-corrected chi connectivity index (χ1v) is 12.5. The second-order valence-electron chi connectivity index (χ2n) is 10.9. The number of benzene rings is 1. The van der Waals surface area contributed by atoms with Gasteiger partial charge in [-0.3, -0.25) is 14.5 Å². The number of carbonyl (C=O) groups excluding carboxylic acids is 1. The molecule has 0 unspecified atom stereocenters. The first kappa shape index (κ1) is 21.3. The lowest BCUT2D eigenvalue weighted by atomic mass is 9.49. The lowest BCUT2D eigenvalue weighted by molar-refractivity contribution is -0.116. The molecule has 176 valence electrons. The van der Waals surface area contributed by atoms with Gasteiger partial charge in [0, 0.05) is 43.5 Å². The standard InChI is InChI=1S/C27H32N6O/c28-24-5-3-21(22-2-1-7-29-15-22)11-25(24)30-26(34)6-4-23-16-33(32-31-23)17-27-12-18-8-19(13-27)10-20(9-18)14-27/h1-3,5,7,11,15-16,18-20H,4,6,8-10,12-14,17,28H2,(H,30,34). The van der Waals surface area contributed by atoms with Crippen LogP contribution in [0.15, 0.2) is 48.9 Å². The molecule has 4 saturated carbocycles. The Hall–Kier alpha value is -3.22. The van der Waals surface area contributed by atoms with Gasteiger partial charge in [-0.05, 0) is 85.5 Å². The van der Waals surface area contributed by atoms with Gasteiger partial charge >= 0.3 is 0 Å². The molecule has 2 heterocycles. The molecule has 2 aromatic heterocycles. The molecule has 4 fully saturated rings. The summed E-state index contributed by atoms with van der Waals surface area (Å²) >= 11 is 0. The van der Waals surface area contributed by atoms with E-state index in [2.05, 4.69) is 20.6 Å². The SMILES string of the molecule is Nc1ccc(-c2cccnc2)cc1NC(=O)CCc1cn(CC23CC4CC(CC(C4)C2)C3)nn1. The number of nitrogens with two attached hydrogens (primary N) is 1. The van der Waals surface area contributed by atoms with E-state index in [1.54, 1.807) is 12.4 Å². The molecule has 1 amide bonds. The second kappa shape index (κ2) is 8.53. The summed E-state index contributed by atoms with van der Waals surface area (Å²) in [6.45, 7) is 0.980. The summed E-state index contributed by atoms with van der Waals surface area (Å²) in [6.07, 6.45) is 14.9. The molecule has 0 saturated heterocycles. The average molecular weight is 457 g/mol. The molecule has 7 nitrogen and oxygen atoms in total. The molecule has 4 bridgehead atoms. The highest BCUT2D eigenvalue weighted by Crippen LogP contribution is 2.60. The van der Waals surface area contributed by atoms with Crippen molar-refractivity contribution in [2.75, 3.05) is 11.1 Å². The zero-order valence-corrected chi connectivity index (χ0v) is 19.5. The fourth-order valence-electron chi connectivity index (χ4n) is 7.19. The molecule has 7 rings (SSSR count). The Morgan fingerprint density at radius 1 is 1.09 bits per heavy atom. The second-order valence-corrected chi connectivity index (χ2v) is 10.9. The van der Waals surface area contributed by atoms with Gasteiger partial charge in [-0.1, -0.05) is 17.3 Å². The fraction of sp³-hybridized carbons (Fsp3) is 0.481. The molecule has 34 heavy (non-hydrogen) atoms. The normalized spacial score (nSPS) is 27.1. The maximum atomic E-state index is 12.7. The van der Waals surface area contributed by atoms with Gasteiger partial charge in [0.15, 0.2) is 0 Å². The number of aromatic nitrogens is 4. The van der Waals surface area contributed by atoms with Crippen molar-refractivity contribution in [1.29, 1.82) is 0 Å². The van der Waals surface area contributed by atoms with Crippen molar-refractivity contribution in [1.82, 2.24) is 20.0 Å². The topological polar surface area (TPSA) is 98.7 Å². The van der Waals surface area contributed by atoms with Crippen molar-refractivity contribution < 1.29 is 4.79 Å². The largest absolute Gasteiger partial charge is 0.397 e. The number of nitrogens with zero attached hydrogens (tertiary/aromatic N) is 4. The van der Waals surface area contributed by atoms with Gasteiger partial charge in [0.1, 0.15) is 0 Å². The van der Waals surface area contributed by atoms with Crippen LogP contribution in [-0.4, -0.2) is 25.9 Å². The molecule has 0 spiro atoms. The van der Waals surface area contributed by atoms with E-state index in [4.69, 9.17) is 5.73 Å². The zero-order valence-electron chi connectivity index (χ0n) is 19.5. The number of nitrogens with one attached hydrogen (secondary N) is 1. The number of hydrogen-bond acceptors (Lipinski definition) is 5. The van der Waals surface area contributed by atoms with Crippen LogP contribution in [0.2, 0.25) is 0 Å². The molecule has 0 radical (unpaired) electrons. The molecule has 1 aromatic carbocycles. The number of carbonyl (C=O) groups is 1. The minimum Gasteiger partial charge on any atom is -0.397 e. The lowest BCUT2D eigenvalue weighted by Gasteiger charge is -2.56. The summed E-state index contributed by atoms with van der Waals surface area (Å²) in [5, 5.41) is 11.7. The Morgan fingerprint density at radius 2 is 1.85 bits per heavy atom. The Balaban J connectivity index is 1.06. The molecule has 0 aliphatic heterocycles. The summed E-state index contributed by atoms with van der Waals surface area (Å²) in [5.41, 5.74) is 10.5. The zero-order chi connectivity index (χ0) is 23.1. The predicted octanol–water partition coefficient (Wildman–Crippen LogP) is 4.71. The molecule has 3 N–H and O–H groups in total. The Kier molecular flexibility index (Phi) is 5.35. The van der Waals surface area contributed by atoms with E-state index in [1.807, 2.05) is 41.2 Å². The molecule has 4 aliphatic carbocycles. The summed E-state index contributed by atoms with van der Waals surface area (Å²) in [6, 6.07) is 9.52. The van der Waals surface area contributed by atoms with E-state index in [1.165, 1.54) is 38.5 Å². The van der Waals surface area contributed by atoms with Gasteiger partial charge in [-0.2, -0.15) is 0 Å². The van der Waals surface area contributed by atoms with Gasteiger partial charge in [0.2, 0.25) is 5.91 Å². The summed E-state index contributed by atoms with van der Waals surface area (Å²) in [5.74, 6) is 2.72. The number of aryl methyl sites for hydroxylation is 1. The highest BCUT2D eigenvalue weighted by atomic mass is 16.1. The molecular formula is C27H32N6O. The maximum Gasteiger partial charge on any atom is 0.224 e. The Morgan fingerprint density at radius 3 is 2.56 bits per heavy atom. The first-order valence-electron chi connectivity index (χ1n) is 12.5. The quantitative estimate of drug-likeness (QED) is 0.502. The van der Waals surface area contributed by atoms with Crippen LogP contribution in [-0.2, 0) is 17.8 Å². The third kappa shape index (κ3) is 4.31. The third-order valence-electron chi connectivity index (χ3n) is 8.18. The fourth-order valence-corrected chi connectivity index (χ4v) is 7.19. The molecule has 0 atom stereocenters. The van der Waals surface area contributed by atoms with E-state index in [0.29, 0.717) is 29.6 Å². The van der Waals surface area contributed by atoms with E-state index in [9.17, 15) is 4.79 Å². The lowest BCUT2D eigenvalue weighted by Crippen LogP contribution is -2.48. The van der Waals surface area contributed by atoms with Gasteiger partial charge in [-0.25, -0.2) is 0 Å². The van der Waals surface area contributed by atoms with Gasteiger partial charge in [0.05, 0.1) is 17.1 Å². The van der Waals surface area contributed by atoms with Crippen molar-refractivity contribution in [2.24, 2.45) is 23.2 Å². The minimum absolute atomic E-state index is 0.0781. The van der Waals surface area contributed by atoms with Gasteiger partial charge in [0.25, 0.3) is 0 Å². The third-order valence-corrected chi connectivity index (χ3v) is 8.18. The highest BCUT2D eigenvalue weighted by Gasteiger charge is 2.51.